The smallest absolute Gasteiger partial charge is 0.317 e. The summed E-state index contributed by atoms with van der Waals surface area (Å²) < 4.78 is 27.2. The third-order valence-electron chi connectivity index (χ3n) is 4.33. The summed E-state index contributed by atoms with van der Waals surface area (Å²) in [7, 11) is 0. The highest BCUT2D eigenvalue weighted by atomic mass is 35.5. The second kappa shape index (κ2) is 9.01. The van der Waals surface area contributed by atoms with Gasteiger partial charge in [-0.05, 0) is 19.1 Å². The summed E-state index contributed by atoms with van der Waals surface area (Å²) in [6.07, 6.45) is 0.0725. The molecule has 1 heterocycles. The van der Waals surface area contributed by atoms with Crippen LogP contribution >= 0.6 is 11.6 Å². The summed E-state index contributed by atoms with van der Waals surface area (Å²) in [4.78, 5) is 19.3. The largest absolute Gasteiger partial charge is 0.390 e. The molecule has 2 aromatic carbocycles. The van der Waals surface area contributed by atoms with Crippen LogP contribution in [0, 0.1) is 11.6 Å². The third kappa shape index (κ3) is 4.78. The summed E-state index contributed by atoms with van der Waals surface area (Å²) in [6, 6.07) is 10.2. The average molecular weight is 408 g/mol. The van der Waals surface area contributed by atoms with E-state index in [1.165, 1.54) is 17.0 Å². The number of hydrogen-bond acceptors (Lipinski definition) is 3. The van der Waals surface area contributed by atoms with Crippen LogP contribution in [0.4, 0.5) is 13.6 Å². The molecule has 5 nitrogen and oxygen atoms in total. The lowest BCUT2D eigenvalue weighted by Gasteiger charge is -2.25. The van der Waals surface area contributed by atoms with Crippen LogP contribution < -0.4 is 5.32 Å². The molecule has 0 spiro atoms. The Hall–Kier alpha value is -2.67. The fraction of sp³-hybridized carbons (Fsp3) is 0.300. The summed E-state index contributed by atoms with van der Waals surface area (Å²) in [5.41, 5.74) is 1.69. The molecule has 0 radical (unpaired) electrons. The lowest BCUT2D eigenvalue weighted by atomic mass is 10.0. The predicted octanol–water partition coefficient (Wildman–Crippen LogP) is 4.34. The van der Waals surface area contributed by atoms with Crippen molar-refractivity contribution in [3.05, 3.63) is 70.2 Å². The normalized spacial score (nSPS) is 15.7. The Kier molecular flexibility index (Phi) is 6.46. The molecule has 148 valence electrons. The number of carbonyl (C=O) groups excluding carboxylic acids is 1. The van der Waals surface area contributed by atoms with Gasteiger partial charge in [0.05, 0.1) is 18.8 Å². The topological polar surface area (TPSA) is 53.9 Å². The molecule has 0 fully saturated rings. The maximum absolute atomic E-state index is 14.0. The third-order valence-corrected chi connectivity index (χ3v) is 4.66. The molecule has 2 aromatic rings. The maximum atomic E-state index is 14.0. The van der Waals surface area contributed by atoms with Gasteiger partial charge in [-0.1, -0.05) is 41.0 Å². The molecule has 1 aliphatic heterocycles. The highest BCUT2D eigenvalue weighted by Crippen LogP contribution is 2.24. The number of nitrogens with zero attached hydrogens (tertiary/aromatic N) is 2. The quantitative estimate of drug-likeness (QED) is 0.774. The average Bonchev–Trinajstić information content (AvgIpc) is 3.12. The molecular weight excluding hydrogens is 388 g/mol. The molecule has 3 rings (SSSR count). The summed E-state index contributed by atoms with van der Waals surface area (Å²) in [5.74, 6) is -1.36. The fourth-order valence-corrected chi connectivity index (χ4v) is 3.21. The maximum Gasteiger partial charge on any atom is 0.317 e. The number of carbonyl (C=O) groups is 1. The zero-order valence-electron chi connectivity index (χ0n) is 15.3. The first-order valence-corrected chi connectivity index (χ1v) is 9.30. The van der Waals surface area contributed by atoms with E-state index in [2.05, 4.69) is 10.5 Å². The van der Waals surface area contributed by atoms with E-state index in [1.54, 1.807) is 13.0 Å². The summed E-state index contributed by atoms with van der Waals surface area (Å²) in [5, 5.41) is 7.36. The van der Waals surface area contributed by atoms with Crippen molar-refractivity contribution in [2.75, 3.05) is 13.1 Å². The highest BCUT2D eigenvalue weighted by Gasteiger charge is 2.28. The van der Waals surface area contributed by atoms with Gasteiger partial charge in [-0.2, -0.15) is 0 Å². The van der Waals surface area contributed by atoms with Gasteiger partial charge in [-0.25, -0.2) is 13.6 Å². The zero-order chi connectivity index (χ0) is 20.1. The van der Waals surface area contributed by atoms with Crippen molar-refractivity contribution in [1.82, 2.24) is 10.2 Å². The van der Waals surface area contributed by atoms with E-state index >= 15 is 0 Å². The van der Waals surface area contributed by atoms with E-state index < -0.39 is 17.7 Å². The van der Waals surface area contributed by atoms with E-state index in [1.807, 2.05) is 18.2 Å². The zero-order valence-corrected chi connectivity index (χ0v) is 16.0. The van der Waals surface area contributed by atoms with Gasteiger partial charge < -0.3 is 15.1 Å². The Morgan fingerprint density at radius 1 is 1.32 bits per heavy atom. The number of rotatable bonds is 6. The van der Waals surface area contributed by atoms with E-state index in [9.17, 15) is 13.6 Å². The highest BCUT2D eigenvalue weighted by molar-refractivity contribution is 6.34. The Labute approximate surface area is 166 Å². The Morgan fingerprint density at radius 2 is 2.11 bits per heavy atom. The lowest BCUT2D eigenvalue weighted by Crippen LogP contribution is -2.43. The van der Waals surface area contributed by atoms with Crippen molar-refractivity contribution in [3.63, 3.8) is 0 Å². The van der Waals surface area contributed by atoms with Gasteiger partial charge in [0.1, 0.15) is 11.6 Å². The number of hydrogen-bond donors (Lipinski definition) is 1. The molecule has 1 aliphatic rings. The molecule has 28 heavy (non-hydrogen) atoms. The molecule has 0 bridgehead atoms. The van der Waals surface area contributed by atoms with Crippen LogP contribution in [-0.2, 0) is 11.4 Å². The molecule has 0 saturated heterocycles. The van der Waals surface area contributed by atoms with E-state index in [0.29, 0.717) is 23.7 Å². The minimum Gasteiger partial charge on any atom is -0.390 e. The molecule has 1 N–H and O–H groups in total. The Balaban J connectivity index is 1.70. The molecular formula is C20H20ClF2N3O2. The minimum absolute atomic E-state index is 0.0146. The second-order valence-electron chi connectivity index (χ2n) is 6.40. The van der Waals surface area contributed by atoms with Crippen molar-refractivity contribution in [2.45, 2.75) is 26.0 Å². The number of halogens is 3. The lowest BCUT2D eigenvalue weighted by molar-refractivity contribution is 0.0588. The molecule has 1 atom stereocenters. The van der Waals surface area contributed by atoms with Gasteiger partial charge >= 0.3 is 6.03 Å². The van der Waals surface area contributed by atoms with Crippen LogP contribution in [0.25, 0.3) is 0 Å². The van der Waals surface area contributed by atoms with Gasteiger partial charge in [0.15, 0.2) is 6.10 Å². The van der Waals surface area contributed by atoms with Crippen molar-refractivity contribution >= 4 is 23.3 Å². The van der Waals surface area contributed by atoms with Crippen molar-refractivity contribution in [3.8, 4) is 0 Å². The van der Waals surface area contributed by atoms with Gasteiger partial charge in [0, 0.05) is 35.2 Å². The Morgan fingerprint density at radius 3 is 2.82 bits per heavy atom. The van der Waals surface area contributed by atoms with E-state index in [4.69, 9.17) is 16.4 Å². The minimum atomic E-state index is -0.699. The Bertz CT molecular complexity index is 892. The predicted molar refractivity (Wildman–Crippen MR) is 103 cm³/mol. The summed E-state index contributed by atoms with van der Waals surface area (Å²) >= 11 is 6.20. The second-order valence-corrected chi connectivity index (χ2v) is 6.81. The first-order chi connectivity index (χ1) is 13.5. The number of amides is 2. The van der Waals surface area contributed by atoms with E-state index in [0.717, 1.165) is 11.6 Å². The molecule has 0 aliphatic carbocycles. The first-order valence-electron chi connectivity index (χ1n) is 8.92. The monoisotopic (exact) mass is 407 g/mol. The molecule has 2 amide bonds. The van der Waals surface area contributed by atoms with Gasteiger partial charge in [-0.15, -0.1) is 0 Å². The SMILES string of the molecule is CCNC(=O)N(Cc1ccc(F)cc1F)C[C@H]1CC(c2ccccc2Cl)=NO1. The molecule has 0 saturated carbocycles. The summed E-state index contributed by atoms with van der Waals surface area (Å²) in [6.45, 7) is 2.40. The van der Waals surface area contributed by atoms with Gasteiger partial charge in [-0.3, -0.25) is 0 Å². The van der Waals surface area contributed by atoms with Crippen LogP contribution in [0.15, 0.2) is 47.6 Å². The number of oxime groups is 1. The molecule has 0 aromatic heterocycles. The number of urea groups is 1. The first kappa shape index (κ1) is 20.1. The number of nitrogens with one attached hydrogen (secondary N) is 1. The van der Waals surface area contributed by atoms with Crippen LogP contribution in [0.5, 0.6) is 0 Å². The van der Waals surface area contributed by atoms with Crippen LogP contribution in [-0.4, -0.2) is 35.8 Å². The van der Waals surface area contributed by atoms with Crippen molar-refractivity contribution in [1.29, 1.82) is 0 Å². The van der Waals surface area contributed by atoms with Crippen molar-refractivity contribution < 1.29 is 18.4 Å². The van der Waals surface area contributed by atoms with E-state index in [-0.39, 0.29) is 24.7 Å². The van der Waals surface area contributed by atoms with Crippen molar-refractivity contribution in [2.24, 2.45) is 5.16 Å². The standard InChI is InChI=1S/C20H20ClF2N3O2/c1-2-24-20(27)26(11-13-7-8-14(22)9-18(13)23)12-15-10-19(25-28-15)16-5-3-4-6-17(16)21/h3-9,15H,2,10-12H2,1H3,(H,24,27)/t15-/m1/s1. The van der Waals surface area contributed by atoms with Crippen LogP contribution in [0.1, 0.15) is 24.5 Å². The van der Waals surface area contributed by atoms with Gasteiger partial charge in [0.25, 0.3) is 0 Å². The van der Waals surface area contributed by atoms with Crippen LogP contribution in [0.3, 0.4) is 0 Å². The fourth-order valence-electron chi connectivity index (χ4n) is 2.96. The molecule has 8 heteroatoms. The van der Waals surface area contributed by atoms with Gasteiger partial charge in [0.2, 0.25) is 0 Å². The van der Waals surface area contributed by atoms with Crippen LogP contribution in [0.2, 0.25) is 5.02 Å². The number of benzene rings is 2. The molecule has 0 unspecified atom stereocenters.